The van der Waals surface area contributed by atoms with Crippen LogP contribution in [0, 0.1) is 17.2 Å². The van der Waals surface area contributed by atoms with Crippen molar-refractivity contribution in [2.24, 2.45) is 5.92 Å². The maximum Gasteiger partial charge on any atom is 0.420 e. The van der Waals surface area contributed by atoms with E-state index in [1.54, 1.807) is 6.07 Å². The van der Waals surface area contributed by atoms with Crippen LogP contribution in [-0.4, -0.2) is 6.61 Å². The molecule has 0 unspecified atom stereocenters. The molecule has 0 aliphatic heterocycles. The fourth-order valence-corrected chi connectivity index (χ4v) is 2.76. The van der Waals surface area contributed by atoms with Gasteiger partial charge in [0.1, 0.15) is 5.75 Å². The van der Waals surface area contributed by atoms with Crippen LogP contribution in [0.5, 0.6) is 5.75 Å². The molecule has 1 aromatic rings. The van der Waals surface area contributed by atoms with Crippen LogP contribution in [0.25, 0.3) is 0 Å². The summed E-state index contributed by atoms with van der Waals surface area (Å²) in [4.78, 5) is 0. The first-order valence-corrected chi connectivity index (χ1v) is 7.25. The van der Waals surface area contributed by atoms with Crippen LogP contribution >= 0.6 is 0 Å². The molecule has 0 N–H and O–H groups in total. The van der Waals surface area contributed by atoms with E-state index in [0.717, 1.165) is 25.3 Å². The molecule has 1 saturated carbocycles. The molecule has 21 heavy (non-hydrogen) atoms. The van der Waals surface area contributed by atoms with Gasteiger partial charge in [-0.3, -0.25) is 0 Å². The number of nitriles is 1. The van der Waals surface area contributed by atoms with Crippen molar-refractivity contribution in [2.45, 2.75) is 44.7 Å². The Kier molecular flexibility index (Phi) is 5.11. The highest BCUT2D eigenvalue weighted by atomic mass is 19.4. The van der Waals surface area contributed by atoms with Crippen molar-refractivity contribution >= 4 is 0 Å². The van der Waals surface area contributed by atoms with Crippen LogP contribution in [0.3, 0.4) is 0 Å². The van der Waals surface area contributed by atoms with Gasteiger partial charge >= 0.3 is 6.18 Å². The third-order valence-corrected chi connectivity index (χ3v) is 3.92. The Morgan fingerprint density at radius 2 is 1.90 bits per heavy atom. The predicted octanol–water partition coefficient (Wildman–Crippen LogP) is 4.93. The van der Waals surface area contributed by atoms with Crippen molar-refractivity contribution in [3.8, 4) is 11.8 Å². The number of hydrogen-bond donors (Lipinski definition) is 0. The number of nitrogens with zero attached hydrogens (tertiary/aromatic N) is 1. The predicted molar refractivity (Wildman–Crippen MR) is 72.8 cm³/mol. The second kappa shape index (κ2) is 6.84. The van der Waals surface area contributed by atoms with E-state index in [-0.39, 0.29) is 11.3 Å². The van der Waals surface area contributed by atoms with Crippen molar-refractivity contribution < 1.29 is 17.9 Å². The molecule has 2 rings (SSSR count). The molecule has 1 aromatic carbocycles. The molecule has 114 valence electrons. The highest BCUT2D eigenvalue weighted by Crippen LogP contribution is 2.37. The zero-order chi connectivity index (χ0) is 15.3. The van der Waals surface area contributed by atoms with E-state index >= 15 is 0 Å². The fourth-order valence-electron chi connectivity index (χ4n) is 2.76. The van der Waals surface area contributed by atoms with Gasteiger partial charge < -0.3 is 4.74 Å². The Bertz CT molecular complexity index is 513. The largest absolute Gasteiger partial charge is 0.493 e. The van der Waals surface area contributed by atoms with Gasteiger partial charge in [-0.1, -0.05) is 32.1 Å². The topological polar surface area (TPSA) is 33.0 Å². The quantitative estimate of drug-likeness (QED) is 0.789. The maximum absolute atomic E-state index is 13.0. The molecule has 0 bridgehead atoms. The molecule has 0 atom stereocenters. The van der Waals surface area contributed by atoms with Gasteiger partial charge in [0.05, 0.1) is 23.8 Å². The summed E-state index contributed by atoms with van der Waals surface area (Å²) < 4.78 is 44.2. The van der Waals surface area contributed by atoms with E-state index < -0.39 is 11.7 Å². The minimum absolute atomic E-state index is 0.0121. The van der Waals surface area contributed by atoms with Crippen LogP contribution in [-0.2, 0) is 6.18 Å². The van der Waals surface area contributed by atoms with Crippen molar-refractivity contribution in [1.82, 2.24) is 0 Å². The number of hydrogen-bond acceptors (Lipinski definition) is 2. The van der Waals surface area contributed by atoms with E-state index in [0.29, 0.717) is 12.5 Å². The molecule has 1 aliphatic rings. The van der Waals surface area contributed by atoms with Crippen molar-refractivity contribution in [3.05, 3.63) is 29.3 Å². The standard InChI is InChI=1S/C16H18F3NO/c17-16(18,19)14-10-13(11-20)6-7-15(14)21-9-8-12-4-2-1-3-5-12/h6-7,10,12H,1-5,8-9H2. The van der Waals surface area contributed by atoms with E-state index in [9.17, 15) is 13.2 Å². The summed E-state index contributed by atoms with van der Waals surface area (Å²) in [5.41, 5.74) is -0.882. The van der Waals surface area contributed by atoms with Gasteiger partial charge in [0.15, 0.2) is 0 Å². The Balaban J connectivity index is 2.00. The highest BCUT2D eigenvalue weighted by Gasteiger charge is 2.34. The Morgan fingerprint density at radius 3 is 2.52 bits per heavy atom. The second-order valence-electron chi connectivity index (χ2n) is 5.46. The number of halogens is 3. The number of benzene rings is 1. The summed E-state index contributed by atoms with van der Waals surface area (Å²) in [5.74, 6) is 0.378. The van der Waals surface area contributed by atoms with Gasteiger partial charge in [0.25, 0.3) is 0 Å². The van der Waals surface area contributed by atoms with Crippen LogP contribution in [0.4, 0.5) is 13.2 Å². The van der Waals surface area contributed by atoms with Gasteiger partial charge in [-0.15, -0.1) is 0 Å². The number of rotatable bonds is 4. The average molecular weight is 297 g/mol. The molecular formula is C16H18F3NO. The molecule has 0 heterocycles. The first kappa shape index (κ1) is 15.7. The molecule has 1 aliphatic carbocycles. The minimum atomic E-state index is -4.51. The third-order valence-electron chi connectivity index (χ3n) is 3.92. The number of alkyl halides is 3. The Labute approximate surface area is 122 Å². The van der Waals surface area contributed by atoms with Gasteiger partial charge in [-0.2, -0.15) is 18.4 Å². The average Bonchev–Trinajstić information content (AvgIpc) is 2.47. The summed E-state index contributed by atoms with van der Waals surface area (Å²) in [6.07, 6.45) is 2.23. The lowest BCUT2D eigenvalue weighted by Crippen LogP contribution is -2.13. The molecule has 0 radical (unpaired) electrons. The second-order valence-corrected chi connectivity index (χ2v) is 5.46. The molecule has 0 saturated heterocycles. The lowest BCUT2D eigenvalue weighted by molar-refractivity contribution is -0.139. The lowest BCUT2D eigenvalue weighted by Gasteiger charge is -2.22. The summed E-state index contributed by atoms with van der Waals surface area (Å²) in [5, 5.41) is 8.71. The van der Waals surface area contributed by atoms with Crippen molar-refractivity contribution in [3.63, 3.8) is 0 Å². The fraction of sp³-hybridized carbons (Fsp3) is 0.562. The third kappa shape index (κ3) is 4.38. The van der Waals surface area contributed by atoms with E-state index in [1.807, 2.05) is 0 Å². The van der Waals surface area contributed by atoms with E-state index in [2.05, 4.69) is 0 Å². The van der Waals surface area contributed by atoms with Crippen LogP contribution in [0.1, 0.15) is 49.7 Å². The van der Waals surface area contributed by atoms with E-state index in [4.69, 9.17) is 10.00 Å². The minimum Gasteiger partial charge on any atom is -0.493 e. The Hall–Kier alpha value is -1.70. The first-order valence-electron chi connectivity index (χ1n) is 7.25. The van der Waals surface area contributed by atoms with Gasteiger partial charge in [0.2, 0.25) is 0 Å². The normalized spacial score (nSPS) is 16.5. The lowest BCUT2D eigenvalue weighted by atomic mass is 9.87. The summed E-state index contributed by atoms with van der Waals surface area (Å²) in [6.45, 7) is 0.291. The molecule has 0 spiro atoms. The molecular weight excluding hydrogens is 279 g/mol. The highest BCUT2D eigenvalue weighted by molar-refractivity contribution is 5.43. The smallest absolute Gasteiger partial charge is 0.420 e. The molecule has 5 heteroatoms. The molecule has 2 nitrogen and oxygen atoms in total. The molecule has 1 fully saturated rings. The summed E-state index contributed by atoms with van der Waals surface area (Å²) in [6, 6.07) is 5.15. The van der Waals surface area contributed by atoms with Crippen LogP contribution in [0.15, 0.2) is 18.2 Å². The van der Waals surface area contributed by atoms with Crippen LogP contribution in [0.2, 0.25) is 0 Å². The monoisotopic (exact) mass is 297 g/mol. The van der Waals surface area contributed by atoms with Gasteiger partial charge in [0, 0.05) is 0 Å². The summed E-state index contributed by atoms with van der Waals surface area (Å²) in [7, 11) is 0. The molecule has 0 aromatic heterocycles. The summed E-state index contributed by atoms with van der Waals surface area (Å²) >= 11 is 0. The van der Waals surface area contributed by atoms with E-state index in [1.165, 1.54) is 31.4 Å². The molecule has 0 amide bonds. The van der Waals surface area contributed by atoms with Gasteiger partial charge in [-0.05, 0) is 30.5 Å². The van der Waals surface area contributed by atoms with Crippen molar-refractivity contribution in [2.75, 3.05) is 6.61 Å². The SMILES string of the molecule is N#Cc1ccc(OCCC2CCCCC2)c(C(F)(F)F)c1. The van der Waals surface area contributed by atoms with Crippen LogP contribution < -0.4 is 4.74 Å². The van der Waals surface area contributed by atoms with Gasteiger partial charge in [-0.25, -0.2) is 0 Å². The first-order chi connectivity index (χ1) is 10.0. The van der Waals surface area contributed by atoms with Crippen molar-refractivity contribution in [1.29, 1.82) is 5.26 Å². The zero-order valence-corrected chi connectivity index (χ0v) is 11.7. The number of ether oxygens (including phenoxy) is 1. The maximum atomic E-state index is 13.0. The zero-order valence-electron chi connectivity index (χ0n) is 11.7. The Morgan fingerprint density at radius 1 is 1.19 bits per heavy atom.